The van der Waals surface area contributed by atoms with E-state index in [9.17, 15) is 0 Å². The Hall–Kier alpha value is -0.200. The zero-order chi connectivity index (χ0) is 11.0. The predicted molar refractivity (Wildman–Crippen MR) is 50.8 cm³/mol. The van der Waals surface area contributed by atoms with Gasteiger partial charge in [-0.1, -0.05) is 0 Å². The molecule has 0 radical (unpaired) electrons. The molecule has 0 amide bonds. The Balaban J connectivity index is 4.04. The van der Waals surface area contributed by atoms with E-state index in [0.717, 1.165) is 0 Å². The topological polar surface area (TPSA) is 46.2 Å². The third kappa shape index (κ3) is 3.89. The maximum Gasteiger partial charge on any atom is 0.282 e. The molecule has 0 aromatic carbocycles. The summed E-state index contributed by atoms with van der Waals surface area (Å²) in [7, 11) is 7.76. The van der Waals surface area contributed by atoms with Gasteiger partial charge in [-0.3, -0.25) is 0 Å². The van der Waals surface area contributed by atoms with Crippen LogP contribution in [-0.4, -0.2) is 47.8 Å². The highest BCUT2D eigenvalue weighted by Crippen LogP contribution is 2.20. The molecule has 0 aliphatic carbocycles. The molecule has 0 aliphatic heterocycles. The van der Waals surface area contributed by atoms with Gasteiger partial charge in [-0.15, -0.1) is 0 Å². The summed E-state index contributed by atoms with van der Waals surface area (Å²) in [6, 6.07) is 0. The maximum atomic E-state index is 5.12. The lowest BCUT2D eigenvalue weighted by molar-refractivity contribution is -0.358. The summed E-state index contributed by atoms with van der Waals surface area (Å²) in [5.41, 5.74) is 0. The third-order valence-electron chi connectivity index (χ3n) is 2.15. The van der Waals surface area contributed by atoms with Crippen molar-refractivity contribution in [2.24, 2.45) is 0 Å². The predicted octanol–water partition coefficient (Wildman–Crippen LogP) is 0.978. The van der Waals surface area contributed by atoms with E-state index in [1.54, 1.807) is 14.2 Å². The molecule has 5 nitrogen and oxygen atoms in total. The monoisotopic (exact) mass is 208 g/mol. The van der Waals surface area contributed by atoms with Crippen molar-refractivity contribution in [3.8, 4) is 0 Å². The second-order valence-corrected chi connectivity index (χ2v) is 2.74. The first-order valence-electron chi connectivity index (χ1n) is 4.39. The van der Waals surface area contributed by atoms with Crippen molar-refractivity contribution in [1.82, 2.24) is 0 Å². The van der Waals surface area contributed by atoms with Crippen LogP contribution in [0.15, 0.2) is 0 Å². The Morgan fingerprint density at radius 1 is 0.857 bits per heavy atom. The van der Waals surface area contributed by atoms with Gasteiger partial charge in [-0.05, 0) is 0 Å². The normalized spacial score (nSPS) is 12.4. The van der Waals surface area contributed by atoms with Crippen molar-refractivity contribution in [2.75, 3.05) is 35.5 Å². The molecule has 14 heavy (non-hydrogen) atoms. The number of hydrogen-bond donors (Lipinski definition) is 0. The average molecular weight is 208 g/mol. The summed E-state index contributed by atoms with van der Waals surface area (Å²) < 4.78 is 25.4. The van der Waals surface area contributed by atoms with Gasteiger partial charge in [0.2, 0.25) is 0 Å². The van der Waals surface area contributed by atoms with Crippen LogP contribution in [0.1, 0.15) is 12.8 Å². The highest BCUT2D eigenvalue weighted by Gasteiger charge is 2.30. The number of hydrogen-bond acceptors (Lipinski definition) is 5. The molecule has 0 heterocycles. The quantitative estimate of drug-likeness (QED) is 0.556. The van der Waals surface area contributed by atoms with Crippen molar-refractivity contribution in [1.29, 1.82) is 0 Å². The van der Waals surface area contributed by atoms with Crippen LogP contribution in [0.5, 0.6) is 0 Å². The van der Waals surface area contributed by atoms with Gasteiger partial charge in [0.15, 0.2) is 6.29 Å². The summed E-state index contributed by atoms with van der Waals surface area (Å²) in [6.45, 7) is 0. The van der Waals surface area contributed by atoms with E-state index in [2.05, 4.69) is 0 Å². The maximum absolute atomic E-state index is 5.12. The minimum absolute atomic E-state index is 0.269. The van der Waals surface area contributed by atoms with Gasteiger partial charge in [-0.25, -0.2) is 0 Å². The van der Waals surface area contributed by atoms with Gasteiger partial charge >= 0.3 is 0 Å². The van der Waals surface area contributed by atoms with E-state index >= 15 is 0 Å². The molecular formula is C9H20O5. The molecule has 0 rings (SSSR count). The van der Waals surface area contributed by atoms with Crippen molar-refractivity contribution < 1.29 is 23.7 Å². The summed E-state index contributed by atoms with van der Waals surface area (Å²) in [5, 5.41) is 0. The van der Waals surface area contributed by atoms with E-state index in [4.69, 9.17) is 23.7 Å². The second-order valence-electron chi connectivity index (χ2n) is 2.74. The molecule has 0 aromatic heterocycles. The smallest absolute Gasteiger partial charge is 0.282 e. The van der Waals surface area contributed by atoms with Crippen LogP contribution >= 0.6 is 0 Å². The number of rotatable bonds is 8. The van der Waals surface area contributed by atoms with E-state index < -0.39 is 5.97 Å². The largest absolute Gasteiger partial charge is 0.356 e. The molecule has 0 bridgehead atoms. The van der Waals surface area contributed by atoms with Crippen LogP contribution < -0.4 is 0 Å². The lowest BCUT2D eigenvalue weighted by Gasteiger charge is -2.29. The third-order valence-corrected chi connectivity index (χ3v) is 2.15. The minimum atomic E-state index is -1.00. The average Bonchev–Trinajstić information content (AvgIpc) is 2.26. The first kappa shape index (κ1) is 13.8. The number of ether oxygens (including phenoxy) is 5. The zero-order valence-electron chi connectivity index (χ0n) is 9.53. The molecule has 0 atom stereocenters. The lowest BCUT2D eigenvalue weighted by atomic mass is 10.2. The lowest BCUT2D eigenvalue weighted by Crippen LogP contribution is -2.37. The van der Waals surface area contributed by atoms with Gasteiger partial charge in [0, 0.05) is 48.4 Å². The molecule has 0 aromatic rings. The van der Waals surface area contributed by atoms with Gasteiger partial charge in [-0.2, -0.15) is 0 Å². The summed E-state index contributed by atoms with van der Waals surface area (Å²) in [5.74, 6) is -1.00. The molecule has 0 fully saturated rings. The van der Waals surface area contributed by atoms with Gasteiger partial charge in [0.05, 0.1) is 0 Å². The van der Waals surface area contributed by atoms with Crippen LogP contribution in [-0.2, 0) is 23.7 Å². The molecule has 0 aliphatic rings. The van der Waals surface area contributed by atoms with Crippen LogP contribution in [0.3, 0.4) is 0 Å². The van der Waals surface area contributed by atoms with Gasteiger partial charge in [0.1, 0.15) is 0 Å². The number of methoxy groups -OCH3 is 5. The fourth-order valence-electron chi connectivity index (χ4n) is 1.18. The molecule has 86 valence electrons. The molecule has 0 saturated carbocycles. The molecule has 5 heteroatoms. The fraction of sp³-hybridized carbons (Fsp3) is 1.00. The Kier molecular flexibility index (Phi) is 7.04. The molecular weight excluding hydrogens is 188 g/mol. The van der Waals surface area contributed by atoms with Crippen molar-refractivity contribution >= 4 is 0 Å². The van der Waals surface area contributed by atoms with Crippen LogP contribution in [0, 0.1) is 0 Å². The summed E-state index contributed by atoms with van der Waals surface area (Å²) >= 11 is 0. The van der Waals surface area contributed by atoms with Gasteiger partial charge < -0.3 is 23.7 Å². The Labute approximate surface area is 85.2 Å². The van der Waals surface area contributed by atoms with E-state index in [1.807, 2.05) is 0 Å². The standard InChI is InChI=1S/C9H20O5/c1-10-8(11-2)6-7-9(12-3,13-4)14-5/h8H,6-7H2,1-5H3. The Bertz CT molecular complexity index is 123. The van der Waals surface area contributed by atoms with Crippen LogP contribution in [0.25, 0.3) is 0 Å². The van der Waals surface area contributed by atoms with Crippen LogP contribution in [0.2, 0.25) is 0 Å². The molecule has 0 N–H and O–H groups in total. The molecule has 0 spiro atoms. The van der Waals surface area contributed by atoms with Crippen molar-refractivity contribution in [3.63, 3.8) is 0 Å². The summed E-state index contributed by atoms with van der Waals surface area (Å²) in [6.07, 6.45) is 0.889. The Morgan fingerprint density at radius 3 is 1.57 bits per heavy atom. The second kappa shape index (κ2) is 7.14. The van der Waals surface area contributed by atoms with E-state index in [-0.39, 0.29) is 6.29 Å². The highest BCUT2D eigenvalue weighted by atomic mass is 16.9. The minimum Gasteiger partial charge on any atom is -0.356 e. The zero-order valence-corrected chi connectivity index (χ0v) is 9.53. The van der Waals surface area contributed by atoms with Crippen molar-refractivity contribution in [2.45, 2.75) is 25.1 Å². The molecule has 0 saturated heterocycles. The van der Waals surface area contributed by atoms with Crippen LogP contribution in [0.4, 0.5) is 0 Å². The summed E-state index contributed by atoms with van der Waals surface area (Å²) in [4.78, 5) is 0. The van der Waals surface area contributed by atoms with E-state index in [0.29, 0.717) is 12.8 Å². The Morgan fingerprint density at radius 2 is 1.29 bits per heavy atom. The first-order valence-corrected chi connectivity index (χ1v) is 4.39. The fourth-order valence-corrected chi connectivity index (χ4v) is 1.18. The van der Waals surface area contributed by atoms with Crippen molar-refractivity contribution in [3.05, 3.63) is 0 Å². The molecule has 0 unspecified atom stereocenters. The highest BCUT2D eigenvalue weighted by molar-refractivity contribution is 4.57. The van der Waals surface area contributed by atoms with Gasteiger partial charge in [0.25, 0.3) is 5.97 Å². The SMILES string of the molecule is COC(CCC(OC)(OC)OC)OC. The van der Waals surface area contributed by atoms with E-state index in [1.165, 1.54) is 21.3 Å². The first-order chi connectivity index (χ1) is 6.67.